The fourth-order valence-corrected chi connectivity index (χ4v) is 7.60. The third-order valence-electron chi connectivity index (χ3n) is 9.54. The van der Waals surface area contributed by atoms with E-state index in [4.69, 9.17) is 0 Å². The number of hydrogen-bond acceptors (Lipinski definition) is 4. The van der Waals surface area contributed by atoms with Gasteiger partial charge in [-0.1, -0.05) is 36.6 Å². The first-order chi connectivity index (χ1) is 17.8. The zero-order valence-electron chi connectivity index (χ0n) is 23.1. The minimum Gasteiger partial charge on any atom is -0.393 e. The summed E-state index contributed by atoms with van der Waals surface area (Å²) in [6.07, 6.45) is -5.44. The van der Waals surface area contributed by atoms with Crippen molar-refractivity contribution in [3.05, 3.63) is 23.3 Å². The van der Waals surface area contributed by atoms with Crippen molar-refractivity contribution >= 4 is 0 Å². The van der Waals surface area contributed by atoms with Crippen LogP contribution in [0.15, 0.2) is 23.3 Å². The molecule has 0 radical (unpaired) electrons. The highest BCUT2D eigenvalue weighted by Gasteiger charge is 2.71. The molecule has 3 fully saturated rings. The van der Waals surface area contributed by atoms with Crippen LogP contribution >= 0.6 is 0 Å². The summed E-state index contributed by atoms with van der Waals surface area (Å²) in [5, 5.41) is 40.2. The Morgan fingerprint density at radius 1 is 0.949 bits per heavy atom. The molecule has 226 valence electrons. The van der Waals surface area contributed by atoms with Crippen molar-refractivity contribution in [2.45, 2.75) is 134 Å². The van der Waals surface area contributed by atoms with Gasteiger partial charge in [0.25, 0.3) is 5.60 Å². The van der Waals surface area contributed by atoms with Crippen molar-refractivity contribution in [2.75, 3.05) is 0 Å². The Balaban J connectivity index is 1.90. The quantitative estimate of drug-likeness (QED) is 0.243. The zero-order valence-corrected chi connectivity index (χ0v) is 23.1. The Morgan fingerprint density at radius 3 is 2.08 bits per heavy atom. The smallest absolute Gasteiger partial charge is 0.393 e. The summed E-state index contributed by atoms with van der Waals surface area (Å²) in [5.41, 5.74) is -4.41. The predicted octanol–water partition coefficient (Wildman–Crippen LogP) is 6.76. The molecule has 0 spiro atoms. The molecule has 2 unspecified atom stereocenters. The van der Waals surface area contributed by atoms with Gasteiger partial charge in [-0.3, -0.25) is 0 Å². The van der Waals surface area contributed by atoms with Crippen molar-refractivity contribution in [1.82, 2.24) is 0 Å². The molecule has 3 aliphatic rings. The molecule has 3 rings (SSSR count). The molecule has 0 aliphatic heterocycles. The van der Waals surface area contributed by atoms with Crippen LogP contribution in [0.5, 0.6) is 0 Å². The van der Waals surface area contributed by atoms with E-state index < -0.39 is 59.4 Å². The molecule has 39 heavy (non-hydrogen) atoms. The van der Waals surface area contributed by atoms with Gasteiger partial charge in [-0.25, -0.2) is 0 Å². The minimum atomic E-state index is -5.86. The van der Waals surface area contributed by atoms with E-state index in [1.165, 1.54) is 0 Å². The maximum atomic E-state index is 13.7. The van der Waals surface area contributed by atoms with Crippen LogP contribution in [0.2, 0.25) is 0 Å². The number of allylic oxidation sites excluding steroid dienone is 3. The lowest BCUT2D eigenvalue weighted by molar-refractivity contribution is -0.374. The molecule has 10 heteroatoms. The van der Waals surface area contributed by atoms with Crippen LogP contribution in [0.3, 0.4) is 0 Å². The van der Waals surface area contributed by atoms with E-state index in [1.54, 1.807) is 13.8 Å². The Morgan fingerprint density at radius 2 is 1.54 bits per heavy atom. The molecule has 0 amide bonds. The average Bonchev–Trinajstić information content (AvgIpc) is 3.11. The Kier molecular flexibility index (Phi) is 9.68. The second-order valence-corrected chi connectivity index (χ2v) is 13.1. The normalized spacial score (nSPS) is 32.8. The van der Waals surface area contributed by atoms with Crippen molar-refractivity contribution in [2.24, 2.45) is 23.2 Å². The fourth-order valence-electron chi connectivity index (χ4n) is 7.60. The van der Waals surface area contributed by atoms with Gasteiger partial charge in [0.05, 0.1) is 17.8 Å². The van der Waals surface area contributed by atoms with Crippen LogP contribution in [0.1, 0.15) is 97.8 Å². The first-order valence-corrected chi connectivity index (χ1v) is 14.1. The summed E-state index contributed by atoms with van der Waals surface area (Å²) in [7, 11) is 0. The van der Waals surface area contributed by atoms with Gasteiger partial charge in [-0.2, -0.15) is 26.3 Å². The van der Waals surface area contributed by atoms with Crippen LogP contribution in [0.25, 0.3) is 0 Å². The molecule has 0 saturated heterocycles. The Bertz CT molecular complexity index is 877. The molecule has 0 aromatic heterocycles. The molecule has 0 aromatic carbocycles. The van der Waals surface area contributed by atoms with E-state index in [0.29, 0.717) is 38.5 Å². The average molecular weight is 571 g/mol. The Hall–Kier alpha value is -1.10. The lowest BCUT2D eigenvalue weighted by Gasteiger charge is -2.46. The van der Waals surface area contributed by atoms with Gasteiger partial charge in [-0.15, -0.1) is 0 Å². The zero-order chi connectivity index (χ0) is 29.4. The topological polar surface area (TPSA) is 80.9 Å². The van der Waals surface area contributed by atoms with Crippen molar-refractivity contribution in [1.29, 1.82) is 0 Å². The number of alkyl halides is 6. The van der Waals surface area contributed by atoms with E-state index in [1.807, 2.05) is 19.1 Å². The van der Waals surface area contributed by atoms with Crippen LogP contribution in [0.4, 0.5) is 26.3 Å². The molecule has 3 aliphatic carbocycles. The van der Waals surface area contributed by atoms with Crippen molar-refractivity contribution in [3.8, 4) is 0 Å². The number of aliphatic hydroxyl groups is 4. The van der Waals surface area contributed by atoms with Gasteiger partial charge in [0, 0.05) is 0 Å². The summed E-state index contributed by atoms with van der Waals surface area (Å²) >= 11 is 0. The molecule has 3 saturated carbocycles. The van der Waals surface area contributed by atoms with Gasteiger partial charge in [0.2, 0.25) is 0 Å². The monoisotopic (exact) mass is 570 g/mol. The molecule has 6 atom stereocenters. The molecule has 0 bridgehead atoms. The van der Waals surface area contributed by atoms with E-state index in [9.17, 15) is 46.8 Å². The summed E-state index contributed by atoms with van der Waals surface area (Å²) < 4.78 is 82.3. The minimum absolute atomic E-state index is 0.00631. The number of hydrogen-bond donors (Lipinski definition) is 4. The summed E-state index contributed by atoms with van der Waals surface area (Å²) in [4.78, 5) is 0. The lowest BCUT2D eigenvalue weighted by atomic mass is 9.59. The van der Waals surface area contributed by atoms with E-state index in [0.717, 1.165) is 24.0 Å². The lowest BCUT2D eigenvalue weighted by Crippen LogP contribution is -2.58. The fraction of sp³-hybridized carbons (Fsp3) is 0.862. The standard InChI is InChI=1S/C29H44F6O4/c1-25(2,38)12-4-7-20(17-27(39,28(30,31)32)29(33,34)35)24-11-10-23-19(6-5-13-26(23,24)3)9-8-18-14-21(36)16-22(37)15-18/h8-9,20-24,36-39H,4-7,10-17H2,1-3H3/b19-9+/t20?,21-,22-,23?,24-,26+/m1/s1. The summed E-state index contributed by atoms with van der Waals surface area (Å²) in [6, 6.07) is 0. The van der Waals surface area contributed by atoms with Gasteiger partial charge in [0.1, 0.15) is 0 Å². The SMILES string of the molecule is CC(C)(O)CCCC(CC(O)(C(F)(F)F)C(F)(F)F)[C@H]1CCC2/C(=C/C=C3C[C@@H](O)C[C@H](O)C3)CCC[C@@]21C. The number of rotatable bonds is 8. The summed E-state index contributed by atoms with van der Waals surface area (Å²) in [5.74, 6) is -1.49. The van der Waals surface area contributed by atoms with Gasteiger partial charge in [0.15, 0.2) is 0 Å². The molecule has 4 N–H and O–H groups in total. The number of fused-ring (bicyclic) bond motifs is 1. The molecular formula is C29H44F6O4. The third kappa shape index (κ3) is 7.41. The second kappa shape index (κ2) is 11.6. The molecule has 4 nitrogen and oxygen atoms in total. The largest absolute Gasteiger partial charge is 0.426 e. The van der Waals surface area contributed by atoms with E-state index in [-0.39, 0.29) is 25.2 Å². The second-order valence-electron chi connectivity index (χ2n) is 13.1. The van der Waals surface area contributed by atoms with Gasteiger partial charge in [-0.05, 0) is 108 Å². The van der Waals surface area contributed by atoms with E-state index >= 15 is 0 Å². The Labute approximate surface area is 227 Å². The van der Waals surface area contributed by atoms with E-state index in [2.05, 4.69) is 0 Å². The summed E-state index contributed by atoms with van der Waals surface area (Å²) in [6.45, 7) is 5.06. The van der Waals surface area contributed by atoms with Crippen LogP contribution in [-0.2, 0) is 0 Å². The van der Waals surface area contributed by atoms with Crippen molar-refractivity contribution < 1.29 is 46.8 Å². The first-order valence-electron chi connectivity index (χ1n) is 14.1. The molecule has 0 aromatic rings. The number of aliphatic hydroxyl groups excluding tert-OH is 2. The maximum Gasteiger partial charge on any atom is 0.426 e. The predicted molar refractivity (Wildman–Crippen MR) is 136 cm³/mol. The highest BCUT2D eigenvalue weighted by molar-refractivity contribution is 5.26. The highest BCUT2D eigenvalue weighted by atomic mass is 19.4. The van der Waals surface area contributed by atoms with Gasteiger partial charge < -0.3 is 20.4 Å². The van der Waals surface area contributed by atoms with Crippen LogP contribution in [0, 0.1) is 23.2 Å². The van der Waals surface area contributed by atoms with Crippen LogP contribution < -0.4 is 0 Å². The third-order valence-corrected chi connectivity index (χ3v) is 9.54. The molecular weight excluding hydrogens is 526 g/mol. The highest BCUT2D eigenvalue weighted by Crippen LogP contribution is 2.62. The number of halogens is 6. The molecule has 0 heterocycles. The first kappa shape index (κ1) is 32.4. The maximum absolute atomic E-state index is 13.7. The van der Waals surface area contributed by atoms with Crippen LogP contribution in [-0.4, -0.2) is 56.2 Å². The van der Waals surface area contributed by atoms with Crippen molar-refractivity contribution in [3.63, 3.8) is 0 Å². The van der Waals surface area contributed by atoms with Gasteiger partial charge >= 0.3 is 12.4 Å².